The molecular weight excluding hydrogens is 274 g/mol. The molecule has 1 aliphatic rings. The average molecular weight is 289 g/mol. The SMILES string of the molecule is CN1C(=NS(C)(=O)=O)N(C)c2cccc3cccc1c23. The molecule has 0 bridgehead atoms. The largest absolute Gasteiger partial charge is 0.314 e. The summed E-state index contributed by atoms with van der Waals surface area (Å²) in [5, 5.41) is 2.23. The van der Waals surface area contributed by atoms with Crippen LogP contribution in [0.5, 0.6) is 0 Å². The first-order chi connectivity index (χ1) is 9.38. The number of benzene rings is 2. The number of nitrogens with zero attached hydrogens (tertiary/aromatic N) is 3. The lowest BCUT2D eigenvalue weighted by atomic mass is 10.0. The quantitative estimate of drug-likeness (QED) is 0.806. The molecule has 0 saturated carbocycles. The molecule has 0 N–H and O–H groups in total. The van der Waals surface area contributed by atoms with E-state index in [1.165, 1.54) is 0 Å². The number of hydrogen-bond donors (Lipinski definition) is 0. The second-order valence-corrected chi connectivity index (χ2v) is 6.54. The molecule has 0 amide bonds. The lowest BCUT2D eigenvalue weighted by molar-refractivity contribution is 0.603. The third-order valence-corrected chi connectivity index (χ3v) is 3.93. The highest BCUT2D eigenvalue weighted by molar-refractivity contribution is 7.89. The Hall–Kier alpha value is -2.08. The van der Waals surface area contributed by atoms with E-state index in [0.717, 1.165) is 28.4 Å². The van der Waals surface area contributed by atoms with E-state index in [9.17, 15) is 8.42 Å². The standard InChI is InChI=1S/C14H15N3O2S/c1-16-11-8-4-6-10-7-5-9-12(13(10)11)17(2)14(16)15-20(3,18)19/h4-9H,1-3H3. The lowest BCUT2D eigenvalue weighted by Gasteiger charge is -2.35. The first-order valence-electron chi connectivity index (χ1n) is 6.17. The smallest absolute Gasteiger partial charge is 0.253 e. The summed E-state index contributed by atoms with van der Waals surface area (Å²) in [6.45, 7) is 0. The van der Waals surface area contributed by atoms with E-state index < -0.39 is 10.0 Å². The van der Waals surface area contributed by atoms with Crippen molar-refractivity contribution in [3.63, 3.8) is 0 Å². The predicted octanol–water partition coefficient (Wildman–Crippen LogP) is 2.04. The van der Waals surface area contributed by atoms with Gasteiger partial charge in [0.1, 0.15) is 0 Å². The van der Waals surface area contributed by atoms with E-state index in [4.69, 9.17) is 0 Å². The lowest BCUT2D eigenvalue weighted by Crippen LogP contribution is -2.43. The molecule has 0 saturated heterocycles. The van der Waals surface area contributed by atoms with Gasteiger partial charge in [-0.15, -0.1) is 4.40 Å². The van der Waals surface area contributed by atoms with Gasteiger partial charge in [0.2, 0.25) is 5.96 Å². The van der Waals surface area contributed by atoms with Crippen LogP contribution in [0.25, 0.3) is 10.8 Å². The Morgan fingerprint density at radius 3 is 1.90 bits per heavy atom. The van der Waals surface area contributed by atoms with Gasteiger partial charge in [-0.1, -0.05) is 24.3 Å². The van der Waals surface area contributed by atoms with Crippen molar-refractivity contribution in [3.8, 4) is 0 Å². The van der Waals surface area contributed by atoms with Crippen molar-refractivity contribution in [2.45, 2.75) is 0 Å². The van der Waals surface area contributed by atoms with Crippen LogP contribution in [0, 0.1) is 0 Å². The molecule has 0 atom stereocenters. The van der Waals surface area contributed by atoms with E-state index in [1.54, 1.807) is 9.80 Å². The summed E-state index contributed by atoms with van der Waals surface area (Å²) in [6.07, 6.45) is 1.10. The summed E-state index contributed by atoms with van der Waals surface area (Å²) in [4.78, 5) is 3.60. The van der Waals surface area contributed by atoms with Gasteiger partial charge in [0.25, 0.3) is 10.0 Å². The van der Waals surface area contributed by atoms with Gasteiger partial charge in [0.05, 0.1) is 17.6 Å². The van der Waals surface area contributed by atoms with Crippen molar-refractivity contribution >= 4 is 38.1 Å². The zero-order valence-corrected chi connectivity index (χ0v) is 12.3. The van der Waals surface area contributed by atoms with Gasteiger partial charge >= 0.3 is 0 Å². The molecule has 0 radical (unpaired) electrons. The first kappa shape index (κ1) is 12.9. The summed E-state index contributed by atoms with van der Waals surface area (Å²) in [6, 6.07) is 11.9. The second-order valence-electron chi connectivity index (χ2n) is 4.89. The van der Waals surface area contributed by atoms with Crippen LogP contribution >= 0.6 is 0 Å². The molecule has 0 aromatic heterocycles. The Morgan fingerprint density at radius 1 is 0.950 bits per heavy atom. The zero-order chi connectivity index (χ0) is 14.5. The van der Waals surface area contributed by atoms with Gasteiger partial charge in [-0.2, -0.15) is 0 Å². The Bertz CT molecular complexity index is 781. The van der Waals surface area contributed by atoms with Crippen LogP contribution in [0.4, 0.5) is 11.4 Å². The van der Waals surface area contributed by atoms with E-state index in [-0.39, 0.29) is 0 Å². The molecule has 104 valence electrons. The average Bonchev–Trinajstić information content (AvgIpc) is 2.39. The van der Waals surface area contributed by atoms with Gasteiger partial charge in [0, 0.05) is 19.5 Å². The fourth-order valence-electron chi connectivity index (χ4n) is 2.57. The molecule has 1 heterocycles. The van der Waals surface area contributed by atoms with Gasteiger partial charge in [0.15, 0.2) is 0 Å². The van der Waals surface area contributed by atoms with Crippen molar-refractivity contribution in [1.29, 1.82) is 0 Å². The summed E-state index contributed by atoms with van der Waals surface area (Å²) in [5.74, 6) is 0.402. The molecule has 2 aromatic rings. The molecule has 0 aliphatic carbocycles. The van der Waals surface area contributed by atoms with E-state index in [1.807, 2.05) is 50.5 Å². The Labute approximate surface area is 118 Å². The van der Waals surface area contributed by atoms with Crippen LogP contribution in [0.2, 0.25) is 0 Å². The predicted molar refractivity (Wildman–Crippen MR) is 83.0 cm³/mol. The van der Waals surface area contributed by atoms with Crippen molar-refractivity contribution < 1.29 is 8.42 Å². The van der Waals surface area contributed by atoms with Crippen LogP contribution < -0.4 is 9.80 Å². The monoisotopic (exact) mass is 289 g/mol. The minimum Gasteiger partial charge on any atom is -0.314 e. The number of guanidine groups is 1. The molecular formula is C14H15N3O2S. The molecule has 0 unspecified atom stereocenters. The number of hydrogen-bond acceptors (Lipinski definition) is 2. The summed E-state index contributed by atoms with van der Waals surface area (Å²) in [5.41, 5.74) is 1.91. The maximum atomic E-state index is 11.5. The normalized spacial score (nSPS) is 14.8. The van der Waals surface area contributed by atoms with Gasteiger partial charge in [-0.3, -0.25) is 0 Å². The summed E-state index contributed by atoms with van der Waals surface area (Å²) in [7, 11) is 0.193. The van der Waals surface area contributed by atoms with Crippen molar-refractivity contribution in [2.24, 2.45) is 4.40 Å². The molecule has 5 nitrogen and oxygen atoms in total. The number of rotatable bonds is 1. The third kappa shape index (κ3) is 1.92. The van der Waals surface area contributed by atoms with Crippen molar-refractivity contribution in [3.05, 3.63) is 36.4 Å². The zero-order valence-electron chi connectivity index (χ0n) is 11.5. The highest BCUT2D eigenvalue weighted by Crippen LogP contribution is 2.38. The molecule has 6 heteroatoms. The van der Waals surface area contributed by atoms with E-state index in [0.29, 0.717) is 5.96 Å². The fraction of sp³-hybridized carbons (Fsp3) is 0.214. The highest BCUT2D eigenvalue weighted by Gasteiger charge is 2.26. The van der Waals surface area contributed by atoms with E-state index >= 15 is 0 Å². The van der Waals surface area contributed by atoms with Crippen LogP contribution in [0.1, 0.15) is 0 Å². The van der Waals surface area contributed by atoms with Crippen molar-refractivity contribution in [1.82, 2.24) is 0 Å². The molecule has 2 aromatic carbocycles. The van der Waals surface area contributed by atoms with E-state index in [2.05, 4.69) is 4.40 Å². The topological polar surface area (TPSA) is 53.0 Å². The number of anilines is 2. The Balaban J connectivity index is 2.35. The maximum absolute atomic E-state index is 11.5. The number of sulfonamides is 1. The third-order valence-electron chi connectivity index (χ3n) is 3.43. The minimum atomic E-state index is -3.46. The summed E-state index contributed by atoms with van der Waals surface area (Å²) < 4.78 is 26.9. The first-order valence-corrected chi connectivity index (χ1v) is 8.02. The van der Waals surface area contributed by atoms with Gasteiger partial charge in [-0.05, 0) is 17.5 Å². The molecule has 20 heavy (non-hydrogen) atoms. The van der Waals surface area contributed by atoms with Crippen LogP contribution in [-0.4, -0.2) is 34.7 Å². The Kier molecular flexibility index (Phi) is 2.72. The Morgan fingerprint density at radius 2 is 1.45 bits per heavy atom. The van der Waals surface area contributed by atoms with Crippen LogP contribution in [0.15, 0.2) is 40.8 Å². The van der Waals surface area contributed by atoms with Crippen LogP contribution in [-0.2, 0) is 10.0 Å². The maximum Gasteiger partial charge on any atom is 0.253 e. The van der Waals surface area contributed by atoms with Gasteiger partial charge < -0.3 is 9.80 Å². The highest BCUT2D eigenvalue weighted by atomic mass is 32.2. The summed E-state index contributed by atoms with van der Waals surface area (Å²) >= 11 is 0. The molecule has 3 rings (SSSR count). The molecule has 0 fully saturated rings. The van der Waals surface area contributed by atoms with Crippen LogP contribution in [0.3, 0.4) is 0 Å². The fourth-order valence-corrected chi connectivity index (χ4v) is 3.11. The minimum absolute atomic E-state index is 0.402. The molecule has 0 spiro atoms. The molecule has 1 aliphatic heterocycles. The van der Waals surface area contributed by atoms with Gasteiger partial charge in [-0.25, -0.2) is 8.42 Å². The van der Waals surface area contributed by atoms with Crippen molar-refractivity contribution in [2.75, 3.05) is 30.2 Å². The second kappa shape index (κ2) is 4.21.